The maximum absolute atomic E-state index is 2.56. The van der Waals surface area contributed by atoms with Gasteiger partial charge in [-0.15, -0.1) is 0 Å². The molecule has 0 atom stereocenters. The molecule has 8 aromatic carbocycles. The van der Waals surface area contributed by atoms with Crippen LogP contribution in [0.2, 0.25) is 0 Å². The summed E-state index contributed by atoms with van der Waals surface area (Å²) in [7, 11) is 0. The molecule has 11 rings (SSSR count). The van der Waals surface area contributed by atoms with Crippen LogP contribution in [0.4, 0.5) is 17.1 Å². The second-order valence-corrected chi connectivity index (χ2v) is 17.1. The molecule has 3 aliphatic carbocycles. The van der Waals surface area contributed by atoms with Crippen LogP contribution in [0, 0.1) is 0 Å². The Labute approximate surface area is 335 Å². The second kappa shape index (κ2) is 12.5. The number of benzene rings is 8. The van der Waals surface area contributed by atoms with E-state index in [1.807, 2.05) is 0 Å². The van der Waals surface area contributed by atoms with Crippen LogP contribution in [0.15, 0.2) is 164 Å². The van der Waals surface area contributed by atoms with E-state index in [1.54, 1.807) is 0 Å². The fraction of sp³-hybridized carbons (Fsp3) is 0.143. The number of fused-ring (bicyclic) bond motifs is 9. The number of hydrogen-bond donors (Lipinski definition) is 0. The van der Waals surface area contributed by atoms with Crippen LogP contribution < -0.4 is 15.3 Å². The molecule has 0 amide bonds. The van der Waals surface area contributed by atoms with Crippen molar-refractivity contribution in [3.8, 4) is 44.5 Å². The first-order valence-electron chi connectivity index (χ1n) is 20.5. The van der Waals surface area contributed by atoms with Crippen molar-refractivity contribution in [2.45, 2.75) is 51.4 Å². The fourth-order valence-corrected chi connectivity index (χ4v) is 10.7. The van der Waals surface area contributed by atoms with Crippen molar-refractivity contribution < 1.29 is 0 Å². The first-order valence-corrected chi connectivity index (χ1v) is 20.5. The quantitative estimate of drug-likeness (QED) is 0.170. The third kappa shape index (κ3) is 4.88. The first-order chi connectivity index (χ1) is 27.8. The Morgan fingerprint density at radius 3 is 1.47 bits per heavy atom. The zero-order valence-electron chi connectivity index (χ0n) is 33.1. The summed E-state index contributed by atoms with van der Waals surface area (Å²) in [5.74, 6) is 0. The van der Waals surface area contributed by atoms with Crippen molar-refractivity contribution in [2.24, 2.45) is 0 Å². The van der Waals surface area contributed by atoms with E-state index in [1.165, 1.54) is 93.7 Å². The summed E-state index contributed by atoms with van der Waals surface area (Å²) < 4.78 is 0. The predicted molar refractivity (Wildman–Crippen MR) is 242 cm³/mol. The zero-order valence-corrected chi connectivity index (χ0v) is 33.1. The minimum Gasteiger partial charge on any atom is -0.310 e. The second-order valence-electron chi connectivity index (χ2n) is 17.1. The van der Waals surface area contributed by atoms with Crippen molar-refractivity contribution in [3.63, 3.8) is 0 Å². The summed E-state index contributed by atoms with van der Waals surface area (Å²) in [6, 6.07) is 61.2. The summed E-state index contributed by atoms with van der Waals surface area (Å²) in [5, 5.41) is 5.39. The summed E-state index contributed by atoms with van der Waals surface area (Å²) in [6.07, 6.45) is 7.06. The highest BCUT2D eigenvalue weighted by Crippen LogP contribution is 2.66. The van der Waals surface area contributed by atoms with Gasteiger partial charge in [0.25, 0.3) is 0 Å². The average molecular weight is 732 g/mol. The van der Waals surface area contributed by atoms with E-state index in [0.29, 0.717) is 0 Å². The standard InChI is InChI=1S/C56H45N/c1-55(2)47-29-17-15-27-44(47)50-49(37-33-31-36(32-34-37)46-35-38-19-11-12-24-41(38)42-25-13-14-26-43(42)46)51-45-28-16-18-30-48(45)56(3,4)53(51)54(52(50)55)57(39-20-7-5-8-21-39)40-22-9-6-10-23-40/h5-12,15-35H,13-14H2,1-4H3. The molecule has 0 unspecified atom stereocenters. The maximum atomic E-state index is 2.56. The van der Waals surface area contributed by atoms with E-state index in [0.717, 1.165) is 24.2 Å². The van der Waals surface area contributed by atoms with Gasteiger partial charge in [0.1, 0.15) is 0 Å². The molecule has 3 aliphatic rings. The van der Waals surface area contributed by atoms with Gasteiger partial charge in [-0.1, -0.05) is 173 Å². The molecule has 0 N–H and O–H groups in total. The van der Waals surface area contributed by atoms with Crippen molar-refractivity contribution in [1.82, 2.24) is 0 Å². The van der Waals surface area contributed by atoms with Crippen molar-refractivity contribution in [2.75, 3.05) is 4.90 Å². The first kappa shape index (κ1) is 33.9. The average Bonchev–Trinajstić information content (AvgIpc) is 3.64. The van der Waals surface area contributed by atoms with E-state index < -0.39 is 0 Å². The van der Waals surface area contributed by atoms with Gasteiger partial charge in [0.05, 0.1) is 5.69 Å². The van der Waals surface area contributed by atoms with Crippen molar-refractivity contribution >= 4 is 40.0 Å². The molecule has 8 aromatic rings. The Morgan fingerprint density at radius 1 is 0.421 bits per heavy atom. The molecule has 0 aromatic heterocycles. The molecular weight excluding hydrogens is 687 g/mol. The van der Waals surface area contributed by atoms with Crippen molar-refractivity contribution in [1.29, 1.82) is 0 Å². The number of anilines is 3. The van der Waals surface area contributed by atoms with Gasteiger partial charge in [-0.05, 0) is 131 Å². The molecule has 0 radical (unpaired) electrons. The van der Waals surface area contributed by atoms with Crippen LogP contribution in [-0.4, -0.2) is 0 Å². The van der Waals surface area contributed by atoms with Gasteiger partial charge in [0.2, 0.25) is 0 Å². The minimum absolute atomic E-state index is 0.270. The van der Waals surface area contributed by atoms with E-state index in [4.69, 9.17) is 0 Å². The Bertz CT molecular complexity index is 2920. The lowest BCUT2D eigenvalue weighted by molar-refractivity contribution is 0.640. The number of para-hydroxylation sites is 2. The van der Waals surface area contributed by atoms with Gasteiger partial charge in [-0.2, -0.15) is 0 Å². The van der Waals surface area contributed by atoms with Crippen LogP contribution in [0.3, 0.4) is 0 Å². The van der Waals surface area contributed by atoms with Gasteiger partial charge in [0.15, 0.2) is 0 Å². The van der Waals surface area contributed by atoms with Crippen LogP contribution >= 0.6 is 0 Å². The van der Waals surface area contributed by atoms with E-state index in [2.05, 4.69) is 209 Å². The van der Waals surface area contributed by atoms with Gasteiger partial charge in [-0.3, -0.25) is 0 Å². The monoisotopic (exact) mass is 731 g/mol. The Kier molecular flexibility index (Phi) is 7.45. The van der Waals surface area contributed by atoms with Crippen molar-refractivity contribution in [3.05, 3.63) is 196 Å². The van der Waals surface area contributed by atoms with Crippen LogP contribution in [0.5, 0.6) is 0 Å². The Balaban J connectivity index is 1.26. The van der Waals surface area contributed by atoms with E-state index >= 15 is 0 Å². The fourth-order valence-electron chi connectivity index (χ4n) is 10.7. The molecule has 1 nitrogen and oxygen atoms in total. The predicted octanol–water partition coefficient (Wildman–Crippen LogP) is 13.6. The summed E-state index contributed by atoms with van der Waals surface area (Å²) in [5.41, 5.74) is 19.2. The Hall–Kier alpha value is -6.44. The molecule has 0 heterocycles. The lowest BCUT2D eigenvalue weighted by Gasteiger charge is -2.38. The largest absolute Gasteiger partial charge is 0.310 e. The molecule has 0 aliphatic heterocycles. The lowest BCUT2D eigenvalue weighted by atomic mass is 9.73. The normalized spacial score (nSPS) is 15.1. The summed E-state index contributed by atoms with van der Waals surface area (Å²) >= 11 is 0. The van der Waals surface area contributed by atoms with Gasteiger partial charge in [-0.25, -0.2) is 0 Å². The number of hydrogen-bond acceptors (Lipinski definition) is 1. The highest BCUT2D eigenvalue weighted by atomic mass is 15.2. The van der Waals surface area contributed by atoms with Crippen LogP contribution in [0.1, 0.15) is 62.8 Å². The van der Waals surface area contributed by atoms with Gasteiger partial charge < -0.3 is 4.90 Å². The smallest absolute Gasteiger partial charge is 0.0556 e. The molecule has 0 saturated heterocycles. The maximum Gasteiger partial charge on any atom is 0.0556 e. The van der Waals surface area contributed by atoms with Gasteiger partial charge >= 0.3 is 0 Å². The molecule has 57 heavy (non-hydrogen) atoms. The zero-order chi connectivity index (χ0) is 38.5. The highest BCUT2D eigenvalue weighted by Gasteiger charge is 2.48. The summed E-state index contributed by atoms with van der Waals surface area (Å²) in [6.45, 7) is 9.78. The highest BCUT2D eigenvalue weighted by molar-refractivity contribution is 6.09. The van der Waals surface area contributed by atoms with Crippen LogP contribution in [0.25, 0.3) is 67.4 Å². The van der Waals surface area contributed by atoms with Gasteiger partial charge in [0, 0.05) is 22.2 Å². The molecule has 0 fully saturated rings. The van der Waals surface area contributed by atoms with E-state index in [-0.39, 0.29) is 10.8 Å². The third-order valence-electron chi connectivity index (χ3n) is 13.2. The molecule has 1 heteroatoms. The molecule has 0 spiro atoms. The lowest BCUT2D eigenvalue weighted by Crippen LogP contribution is -2.29. The SMILES string of the molecule is CC1(C)c2ccccc2-c2c(-c3ccc(-c4cc5ccccc5c5c4=CCCC=5)cc3)c3c(c(N(c4ccccc4)c4ccccc4)c21)C(C)(C)c1ccccc1-3. The van der Waals surface area contributed by atoms with E-state index in [9.17, 15) is 0 Å². The number of rotatable bonds is 5. The molecule has 0 bridgehead atoms. The molecule has 274 valence electrons. The molecule has 0 saturated carbocycles. The topological polar surface area (TPSA) is 3.24 Å². The third-order valence-corrected chi connectivity index (χ3v) is 13.2. The summed E-state index contributed by atoms with van der Waals surface area (Å²) in [4.78, 5) is 2.56. The Morgan fingerprint density at radius 2 is 0.895 bits per heavy atom. The molecular formula is C56H45N. The minimum atomic E-state index is -0.270. The van der Waals surface area contributed by atoms with Crippen LogP contribution in [-0.2, 0) is 10.8 Å². The number of nitrogens with zero attached hydrogens (tertiary/aromatic N) is 1.